The molecular weight excluding hydrogens is 527 g/mol. The fourth-order valence-electron chi connectivity index (χ4n) is 4.76. The van der Waals surface area contributed by atoms with E-state index in [0.717, 1.165) is 9.54 Å². The van der Waals surface area contributed by atoms with E-state index >= 15 is 0 Å². The Morgan fingerprint density at radius 3 is 2.27 bits per heavy atom. The van der Waals surface area contributed by atoms with Gasteiger partial charge in [0.2, 0.25) is 5.91 Å². The van der Waals surface area contributed by atoms with Crippen molar-refractivity contribution in [3.8, 4) is 17.9 Å². The maximum absolute atomic E-state index is 13.3. The summed E-state index contributed by atoms with van der Waals surface area (Å²) < 4.78 is 41.0. The highest BCUT2D eigenvalue weighted by Crippen LogP contribution is 2.30. The van der Waals surface area contributed by atoms with Crippen LogP contribution in [-0.2, 0) is 14.8 Å². The lowest BCUT2D eigenvalue weighted by Crippen LogP contribution is -2.39. The number of carbonyl (C=O) groups excluding carboxylic acids is 1. The molecule has 3 aromatic carbocycles. The standard InChI is InChI=1S/C31H29FN4O3S/c1-21(22-9-14-27(32)15-10-22)35-31(37)25-11-16-28(17-12-25)36(2)40(38,39)29-18-13-24(30(34)19-29)8-7-23-5-3-4-6-26(23)20-33/h3-6,9-10,13-15,18-19,21,25,28H,2,11-12,16-17,34H2,1H3/p+1. The van der Waals surface area contributed by atoms with Gasteiger partial charge in [0.05, 0.1) is 11.6 Å². The van der Waals surface area contributed by atoms with Gasteiger partial charge >= 0.3 is 10.0 Å². The highest BCUT2D eigenvalue weighted by atomic mass is 32.2. The molecule has 0 aliphatic heterocycles. The van der Waals surface area contributed by atoms with Crippen LogP contribution < -0.4 is 11.1 Å². The van der Waals surface area contributed by atoms with Gasteiger partial charge in [-0.1, -0.05) is 36.1 Å². The number of nitrogen functional groups attached to an aromatic ring is 1. The van der Waals surface area contributed by atoms with Gasteiger partial charge in [-0.25, -0.2) is 4.39 Å². The van der Waals surface area contributed by atoms with Gasteiger partial charge in [0.15, 0.2) is 6.04 Å². The topological polar surface area (TPSA) is 116 Å². The van der Waals surface area contributed by atoms with Crippen molar-refractivity contribution in [3.63, 3.8) is 0 Å². The maximum Gasteiger partial charge on any atom is 0.394 e. The molecule has 1 aliphatic carbocycles. The predicted octanol–water partition coefficient (Wildman–Crippen LogP) is 4.52. The van der Waals surface area contributed by atoms with Gasteiger partial charge in [-0.2, -0.15) is 13.7 Å². The number of nitrogens with zero attached hydrogens (tertiary/aromatic N) is 2. The zero-order valence-electron chi connectivity index (χ0n) is 22.1. The smallest absolute Gasteiger partial charge is 0.394 e. The summed E-state index contributed by atoms with van der Waals surface area (Å²) in [5.41, 5.74) is 8.59. The molecule has 4 rings (SSSR count). The van der Waals surface area contributed by atoms with Crippen LogP contribution >= 0.6 is 0 Å². The van der Waals surface area contributed by atoms with Crippen LogP contribution in [-0.4, -0.2) is 31.1 Å². The summed E-state index contributed by atoms with van der Waals surface area (Å²) >= 11 is 0. The van der Waals surface area contributed by atoms with Crippen LogP contribution in [0.3, 0.4) is 0 Å². The molecule has 1 saturated carbocycles. The Kier molecular flexibility index (Phi) is 8.67. The number of halogens is 1. The zero-order chi connectivity index (χ0) is 28.9. The molecule has 0 radical (unpaired) electrons. The van der Waals surface area contributed by atoms with E-state index in [1.165, 1.54) is 24.3 Å². The predicted molar refractivity (Wildman–Crippen MR) is 151 cm³/mol. The Bertz CT molecular complexity index is 1640. The van der Waals surface area contributed by atoms with Crippen molar-refractivity contribution in [1.82, 2.24) is 5.32 Å². The number of amides is 1. The van der Waals surface area contributed by atoms with E-state index in [2.05, 4.69) is 29.9 Å². The Hall–Kier alpha value is -4.47. The van der Waals surface area contributed by atoms with E-state index in [0.29, 0.717) is 42.4 Å². The van der Waals surface area contributed by atoms with Gasteiger partial charge in [-0.3, -0.25) is 4.79 Å². The van der Waals surface area contributed by atoms with Crippen LogP contribution in [0.25, 0.3) is 0 Å². The van der Waals surface area contributed by atoms with Gasteiger partial charge in [-0.15, -0.1) is 3.98 Å². The number of benzene rings is 3. The molecule has 3 N–H and O–H groups in total. The fourth-order valence-corrected chi connectivity index (χ4v) is 6.15. The van der Waals surface area contributed by atoms with Gasteiger partial charge in [0, 0.05) is 35.6 Å². The van der Waals surface area contributed by atoms with Gasteiger partial charge in [-0.05, 0) is 67.8 Å². The molecule has 0 heterocycles. The summed E-state index contributed by atoms with van der Waals surface area (Å²) in [4.78, 5) is 12.8. The van der Waals surface area contributed by atoms with Gasteiger partial charge in [0.1, 0.15) is 23.5 Å². The number of hydrogen-bond donors (Lipinski definition) is 2. The van der Waals surface area contributed by atoms with Gasteiger partial charge < -0.3 is 11.1 Å². The molecule has 1 fully saturated rings. The lowest BCUT2D eigenvalue weighted by atomic mass is 9.85. The summed E-state index contributed by atoms with van der Waals surface area (Å²) in [5, 5.41) is 12.2. The van der Waals surface area contributed by atoms with E-state index in [1.54, 1.807) is 42.5 Å². The van der Waals surface area contributed by atoms with E-state index in [4.69, 9.17) is 5.73 Å². The molecule has 0 saturated heterocycles. The van der Waals surface area contributed by atoms with Crippen LogP contribution in [0.4, 0.5) is 10.1 Å². The minimum atomic E-state index is -3.93. The Labute approximate surface area is 234 Å². The molecule has 1 amide bonds. The number of hydrogen-bond acceptors (Lipinski definition) is 5. The van der Waals surface area contributed by atoms with Crippen molar-refractivity contribution in [2.24, 2.45) is 5.92 Å². The van der Waals surface area contributed by atoms with Crippen molar-refractivity contribution < 1.29 is 21.6 Å². The number of rotatable bonds is 6. The summed E-state index contributed by atoms with van der Waals surface area (Å²) in [7, 11) is -3.93. The third kappa shape index (κ3) is 6.39. The molecule has 40 heavy (non-hydrogen) atoms. The minimum Gasteiger partial charge on any atom is -0.398 e. The first-order chi connectivity index (χ1) is 19.1. The van der Waals surface area contributed by atoms with Crippen LogP contribution in [0.2, 0.25) is 0 Å². The molecule has 204 valence electrons. The summed E-state index contributed by atoms with van der Waals surface area (Å²) in [5.74, 6) is 5.15. The molecule has 1 atom stereocenters. The molecule has 0 spiro atoms. The van der Waals surface area contributed by atoms with E-state index in [1.807, 2.05) is 6.92 Å². The van der Waals surface area contributed by atoms with Crippen molar-refractivity contribution in [2.45, 2.75) is 49.6 Å². The number of anilines is 1. The molecule has 0 aromatic heterocycles. The fraction of sp³-hybridized carbons (Fsp3) is 0.258. The van der Waals surface area contributed by atoms with Crippen molar-refractivity contribution >= 4 is 28.3 Å². The largest absolute Gasteiger partial charge is 0.398 e. The Morgan fingerprint density at radius 2 is 1.65 bits per heavy atom. The SMILES string of the molecule is C=[N+](C1CCC(C(=O)NC(C)c2ccc(F)cc2)CC1)S(=O)(=O)c1ccc(C#Cc2ccccc2C#N)c(N)c1. The lowest BCUT2D eigenvalue weighted by molar-refractivity contribution is -0.413. The average Bonchev–Trinajstić information content (AvgIpc) is 2.96. The molecule has 0 bridgehead atoms. The number of sulfonamides is 1. The maximum atomic E-state index is 13.3. The van der Waals surface area contributed by atoms with E-state index < -0.39 is 10.0 Å². The van der Waals surface area contributed by atoms with Crippen molar-refractivity contribution in [2.75, 3.05) is 5.73 Å². The van der Waals surface area contributed by atoms with Crippen LogP contribution in [0, 0.1) is 34.9 Å². The molecule has 9 heteroatoms. The number of nitriles is 1. The second-order valence-corrected chi connectivity index (χ2v) is 11.7. The molecule has 1 aliphatic rings. The van der Waals surface area contributed by atoms with Crippen molar-refractivity contribution in [3.05, 3.63) is 94.8 Å². The monoisotopic (exact) mass is 557 g/mol. The summed E-state index contributed by atoms with van der Waals surface area (Å²) in [6, 6.07) is 18.7. The van der Waals surface area contributed by atoms with Crippen molar-refractivity contribution in [1.29, 1.82) is 5.26 Å². The van der Waals surface area contributed by atoms with E-state index in [-0.39, 0.29) is 40.3 Å². The first-order valence-corrected chi connectivity index (χ1v) is 14.4. The quantitative estimate of drug-likeness (QED) is 0.200. The molecule has 7 nitrogen and oxygen atoms in total. The van der Waals surface area contributed by atoms with Crippen LogP contribution in [0.15, 0.2) is 71.6 Å². The average molecular weight is 558 g/mol. The number of nitrogens with two attached hydrogens (primary N) is 1. The minimum absolute atomic E-state index is 0.0102. The second kappa shape index (κ2) is 12.1. The lowest BCUT2D eigenvalue weighted by Gasteiger charge is -2.26. The highest BCUT2D eigenvalue weighted by molar-refractivity contribution is 7.85. The second-order valence-electron chi connectivity index (χ2n) is 9.84. The summed E-state index contributed by atoms with van der Waals surface area (Å²) in [6.07, 6.45) is 2.02. The van der Waals surface area contributed by atoms with Crippen LogP contribution in [0.5, 0.6) is 0 Å². The first kappa shape index (κ1) is 28.5. The third-order valence-corrected chi connectivity index (χ3v) is 8.98. The first-order valence-electron chi connectivity index (χ1n) is 12.9. The molecule has 1 unspecified atom stereocenters. The Balaban J connectivity index is 1.38. The third-order valence-electron chi connectivity index (χ3n) is 7.21. The van der Waals surface area contributed by atoms with E-state index in [9.17, 15) is 22.9 Å². The molecular formula is C31H30FN4O3S+. The molecule has 3 aromatic rings. The Morgan fingerprint density at radius 1 is 1.02 bits per heavy atom. The van der Waals surface area contributed by atoms with Crippen LogP contribution in [0.1, 0.15) is 60.9 Å². The highest BCUT2D eigenvalue weighted by Gasteiger charge is 2.38. The summed E-state index contributed by atoms with van der Waals surface area (Å²) in [6.45, 7) is 5.68. The van der Waals surface area contributed by atoms with Gasteiger partial charge in [0.25, 0.3) is 0 Å². The number of nitrogens with one attached hydrogen (secondary N) is 1. The zero-order valence-corrected chi connectivity index (χ0v) is 22.9. The normalized spacial score (nSPS) is 17.5. The number of carbonyl (C=O) groups is 1.